The van der Waals surface area contributed by atoms with Gasteiger partial charge in [0.2, 0.25) is 0 Å². The van der Waals surface area contributed by atoms with Crippen LogP contribution in [0.5, 0.6) is 0 Å². The van der Waals surface area contributed by atoms with E-state index < -0.39 is 0 Å². The maximum Gasteiger partial charge on any atom is 0.174 e. The highest BCUT2D eigenvalue weighted by Gasteiger charge is 2.00. The summed E-state index contributed by atoms with van der Waals surface area (Å²) in [5.41, 5.74) is 3.35. The minimum absolute atomic E-state index is 0.952. The molecule has 0 aliphatic carbocycles. The number of hydrogen-bond donors (Lipinski definition) is 1. The average molecular weight is 157 g/mol. The molecule has 0 aliphatic heterocycles. The Kier molecular flexibility index (Phi) is 1.67. The second kappa shape index (κ2) is 2.81. The van der Waals surface area contributed by atoms with Gasteiger partial charge in [0, 0.05) is 11.8 Å². The third kappa shape index (κ3) is 1.11. The molecule has 1 radical (unpaired) electrons. The molecule has 0 fully saturated rings. The Morgan fingerprint density at radius 3 is 2.83 bits per heavy atom. The summed E-state index contributed by atoms with van der Waals surface area (Å²) in [4.78, 5) is 6.89. The summed E-state index contributed by atoms with van der Waals surface area (Å²) in [6.07, 6.45) is 4.53. The Labute approximate surface area is 71.3 Å². The van der Waals surface area contributed by atoms with Gasteiger partial charge >= 0.3 is 0 Å². The van der Waals surface area contributed by atoms with Crippen molar-refractivity contribution in [1.29, 1.82) is 0 Å². The van der Waals surface area contributed by atoms with Crippen LogP contribution in [0.4, 0.5) is 0 Å². The lowest BCUT2D eigenvalue weighted by molar-refractivity contribution is 1.29. The molecule has 0 bridgehead atoms. The van der Waals surface area contributed by atoms with Crippen molar-refractivity contribution in [1.82, 2.24) is 9.97 Å². The molecular weight excluding hydrogens is 148 g/mol. The Hall–Kier alpha value is -1.57. The summed E-state index contributed by atoms with van der Waals surface area (Å²) >= 11 is 0. The molecule has 1 heterocycles. The fourth-order valence-corrected chi connectivity index (χ4v) is 1.22. The lowest BCUT2D eigenvalue weighted by Gasteiger charge is -1.99. The predicted octanol–water partition coefficient (Wildman–Crippen LogP) is 2.19. The van der Waals surface area contributed by atoms with Gasteiger partial charge in [-0.15, -0.1) is 0 Å². The number of hydrogen-bond acceptors (Lipinski definition) is 1. The van der Waals surface area contributed by atoms with Crippen LogP contribution in [0.1, 0.15) is 5.56 Å². The van der Waals surface area contributed by atoms with E-state index in [2.05, 4.69) is 35.4 Å². The first-order valence-electron chi connectivity index (χ1n) is 3.85. The number of aromatic nitrogens is 2. The molecule has 0 atom stereocenters. The zero-order valence-electron chi connectivity index (χ0n) is 6.83. The van der Waals surface area contributed by atoms with Gasteiger partial charge in [0.05, 0.1) is 5.69 Å². The van der Waals surface area contributed by atoms with Gasteiger partial charge < -0.3 is 4.98 Å². The maximum absolute atomic E-state index is 4.07. The fraction of sp³-hybridized carbons (Fsp3) is 0.100. The van der Waals surface area contributed by atoms with E-state index in [4.69, 9.17) is 0 Å². The van der Waals surface area contributed by atoms with E-state index in [0.717, 1.165) is 11.3 Å². The van der Waals surface area contributed by atoms with Crippen molar-refractivity contribution in [3.8, 4) is 11.3 Å². The van der Waals surface area contributed by atoms with Gasteiger partial charge in [-0.2, -0.15) is 0 Å². The monoisotopic (exact) mass is 157 g/mol. The summed E-state index contributed by atoms with van der Waals surface area (Å²) < 4.78 is 0. The van der Waals surface area contributed by atoms with Crippen molar-refractivity contribution in [3.63, 3.8) is 0 Å². The summed E-state index contributed by atoms with van der Waals surface area (Å²) in [7, 11) is 0. The van der Waals surface area contributed by atoms with Crippen molar-refractivity contribution in [2.45, 2.75) is 6.92 Å². The summed E-state index contributed by atoms with van der Waals surface area (Å²) in [5, 5.41) is 0. The third-order valence-electron chi connectivity index (χ3n) is 1.87. The molecule has 0 saturated heterocycles. The predicted molar refractivity (Wildman–Crippen MR) is 47.6 cm³/mol. The van der Waals surface area contributed by atoms with Gasteiger partial charge in [-0.3, -0.25) is 0 Å². The molecule has 59 valence electrons. The van der Waals surface area contributed by atoms with Gasteiger partial charge in [0.1, 0.15) is 0 Å². The van der Waals surface area contributed by atoms with E-state index >= 15 is 0 Å². The van der Waals surface area contributed by atoms with Crippen molar-refractivity contribution < 1.29 is 0 Å². The molecule has 1 aromatic carbocycles. The molecule has 1 N–H and O–H groups in total. The quantitative estimate of drug-likeness (QED) is 0.675. The van der Waals surface area contributed by atoms with Crippen molar-refractivity contribution in [2.24, 2.45) is 0 Å². The van der Waals surface area contributed by atoms with E-state index in [9.17, 15) is 0 Å². The molecule has 0 amide bonds. The second-order valence-electron chi connectivity index (χ2n) is 2.71. The van der Waals surface area contributed by atoms with Crippen LogP contribution < -0.4 is 0 Å². The topological polar surface area (TPSA) is 28.7 Å². The molecule has 2 heteroatoms. The highest BCUT2D eigenvalue weighted by molar-refractivity contribution is 5.62. The number of nitrogens with one attached hydrogen (secondary N) is 1. The molecule has 0 spiro atoms. The lowest BCUT2D eigenvalue weighted by atomic mass is 10.1. The van der Waals surface area contributed by atoms with Gasteiger partial charge in [0.15, 0.2) is 6.33 Å². The Balaban J connectivity index is 2.55. The fourth-order valence-electron chi connectivity index (χ4n) is 1.22. The maximum atomic E-state index is 4.07. The van der Waals surface area contributed by atoms with Crippen LogP contribution in [0.2, 0.25) is 0 Å². The number of aryl methyl sites for hydroxylation is 1. The second-order valence-corrected chi connectivity index (χ2v) is 2.71. The highest BCUT2D eigenvalue weighted by Crippen LogP contribution is 2.19. The molecule has 0 saturated carbocycles. The summed E-state index contributed by atoms with van der Waals surface area (Å²) in [5.74, 6) is 0. The molecule has 2 rings (SSSR count). The lowest BCUT2D eigenvalue weighted by Crippen LogP contribution is -1.80. The van der Waals surface area contributed by atoms with Crippen molar-refractivity contribution in [3.05, 3.63) is 42.4 Å². The van der Waals surface area contributed by atoms with E-state index in [1.54, 1.807) is 0 Å². The summed E-state index contributed by atoms with van der Waals surface area (Å²) in [6.45, 7) is 2.07. The number of nitrogens with zero attached hydrogens (tertiary/aromatic N) is 1. The number of benzene rings is 1. The smallest absolute Gasteiger partial charge is 0.174 e. The normalized spacial score (nSPS) is 10.1. The van der Waals surface area contributed by atoms with Crippen LogP contribution in [-0.4, -0.2) is 9.97 Å². The van der Waals surface area contributed by atoms with Gasteiger partial charge in [0.25, 0.3) is 0 Å². The Morgan fingerprint density at radius 2 is 2.17 bits per heavy atom. The van der Waals surface area contributed by atoms with Crippen molar-refractivity contribution in [2.75, 3.05) is 0 Å². The average Bonchev–Trinajstić information content (AvgIpc) is 2.57. The minimum atomic E-state index is 0.952. The van der Waals surface area contributed by atoms with Gasteiger partial charge in [-0.05, 0) is 12.5 Å². The van der Waals surface area contributed by atoms with Gasteiger partial charge in [-0.25, -0.2) is 4.98 Å². The van der Waals surface area contributed by atoms with Crippen LogP contribution in [0.3, 0.4) is 0 Å². The number of rotatable bonds is 1. The number of H-pyrrole nitrogens is 1. The van der Waals surface area contributed by atoms with Crippen LogP contribution in [0.15, 0.2) is 30.5 Å². The minimum Gasteiger partial charge on any atom is -0.341 e. The van der Waals surface area contributed by atoms with E-state index in [1.165, 1.54) is 5.56 Å². The zero-order chi connectivity index (χ0) is 8.39. The number of aromatic amines is 1. The molecular formula is C10H9N2. The number of imidazole rings is 1. The zero-order valence-corrected chi connectivity index (χ0v) is 6.83. The molecule has 0 aliphatic rings. The van der Waals surface area contributed by atoms with E-state index in [1.807, 2.05) is 18.3 Å². The van der Waals surface area contributed by atoms with Crippen molar-refractivity contribution >= 4 is 0 Å². The molecule has 0 unspecified atom stereocenters. The SMILES string of the molecule is Cc1ccccc1-c1c[nH][c]n1. The van der Waals surface area contributed by atoms with Crippen LogP contribution in [0, 0.1) is 13.3 Å². The van der Waals surface area contributed by atoms with Crippen LogP contribution in [-0.2, 0) is 0 Å². The first-order chi connectivity index (χ1) is 5.88. The Bertz CT molecular complexity index is 363. The van der Waals surface area contributed by atoms with Crippen LogP contribution >= 0.6 is 0 Å². The highest BCUT2D eigenvalue weighted by atomic mass is 14.9. The molecule has 12 heavy (non-hydrogen) atoms. The molecule has 2 nitrogen and oxygen atoms in total. The molecule has 2 aromatic rings. The Morgan fingerprint density at radius 1 is 1.33 bits per heavy atom. The standard InChI is InChI=1S/C10H9N2/c1-8-4-2-3-5-9(8)10-6-11-7-12-10/h2-6H,1H3,(H,11,12). The van der Waals surface area contributed by atoms with E-state index in [-0.39, 0.29) is 0 Å². The van der Waals surface area contributed by atoms with Crippen LogP contribution in [0.25, 0.3) is 11.3 Å². The largest absolute Gasteiger partial charge is 0.341 e. The summed E-state index contributed by atoms with van der Waals surface area (Å²) in [6, 6.07) is 8.16. The van der Waals surface area contributed by atoms with E-state index in [0.29, 0.717) is 0 Å². The first-order valence-corrected chi connectivity index (χ1v) is 3.85. The third-order valence-corrected chi connectivity index (χ3v) is 1.87. The first kappa shape index (κ1) is 7.10. The molecule has 1 aromatic heterocycles. The van der Waals surface area contributed by atoms with Gasteiger partial charge in [-0.1, -0.05) is 24.3 Å².